The molecule has 1 unspecified atom stereocenters. The first kappa shape index (κ1) is 22.2. The fourth-order valence-corrected chi connectivity index (χ4v) is 5.23. The number of aliphatic imine (C=N–C) groups is 1. The Hall–Kier alpha value is -4.98. The summed E-state index contributed by atoms with van der Waals surface area (Å²) < 4.78 is 19.3. The Balaban J connectivity index is 1.49. The average Bonchev–Trinajstić information content (AvgIpc) is 3.37. The van der Waals surface area contributed by atoms with Crippen LogP contribution < -0.4 is 14.2 Å². The summed E-state index contributed by atoms with van der Waals surface area (Å²) >= 11 is 0. The Morgan fingerprint density at radius 2 is 1.58 bits per heavy atom. The Bertz CT molecular complexity index is 1740. The molecule has 0 aliphatic carbocycles. The second kappa shape index (κ2) is 8.85. The van der Waals surface area contributed by atoms with E-state index in [0.717, 1.165) is 56.0 Å². The van der Waals surface area contributed by atoms with Crippen LogP contribution >= 0.6 is 0 Å². The van der Waals surface area contributed by atoms with Crippen molar-refractivity contribution in [1.29, 1.82) is 0 Å². The second-order valence-corrected chi connectivity index (χ2v) is 9.18. The highest BCUT2D eigenvalue weighted by atomic mass is 16.5. The van der Waals surface area contributed by atoms with Crippen molar-refractivity contribution in [2.75, 3.05) is 14.2 Å². The molecule has 0 N–H and O–H groups in total. The summed E-state index contributed by atoms with van der Waals surface area (Å²) in [5, 5.41) is 14.9. The summed E-state index contributed by atoms with van der Waals surface area (Å²) in [4.78, 5) is 5.11. The summed E-state index contributed by atoms with van der Waals surface area (Å²) in [5.41, 5.74) is 4.66. The van der Waals surface area contributed by atoms with E-state index >= 15 is 0 Å². The zero-order valence-electron chi connectivity index (χ0n) is 20.8. The maximum atomic E-state index is 6.68. The Kier molecular flexibility index (Phi) is 5.18. The van der Waals surface area contributed by atoms with Crippen molar-refractivity contribution in [3.63, 3.8) is 0 Å². The molecule has 0 saturated heterocycles. The maximum Gasteiger partial charge on any atom is 0.227 e. The number of rotatable bonds is 4. The van der Waals surface area contributed by atoms with Gasteiger partial charge in [-0.1, -0.05) is 48.5 Å². The van der Waals surface area contributed by atoms with E-state index in [0.29, 0.717) is 18.3 Å². The van der Waals surface area contributed by atoms with Crippen LogP contribution in [-0.4, -0.2) is 40.1 Å². The van der Waals surface area contributed by atoms with Gasteiger partial charge in [-0.2, -0.15) is 0 Å². The lowest BCUT2D eigenvalue weighted by Crippen LogP contribution is -2.17. The van der Waals surface area contributed by atoms with E-state index in [1.54, 1.807) is 18.9 Å². The van der Waals surface area contributed by atoms with E-state index in [9.17, 15) is 0 Å². The van der Waals surface area contributed by atoms with E-state index < -0.39 is 0 Å². The largest absolute Gasteiger partial charge is 0.497 e. The molecule has 8 nitrogen and oxygen atoms in total. The van der Waals surface area contributed by atoms with Gasteiger partial charge in [-0.25, -0.2) is 9.67 Å². The van der Waals surface area contributed by atoms with E-state index in [-0.39, 0.29) is 5.92 Å². The normalized spacial score (nSPS) is 16.1. The first-order valence-corrected chi connectivity index (χ1v) is 12.3. The van der Waals surface area contributed by atoms with Gasteiger partial charge in [0.2, 0.25) is 5.88 Å². The van der Waals surface area contributed by atoms with Gasteiger partial charge in [0, 0.05) is 16.9 Å². The molecule has 0 spiro atoms. The Morgan fingerprint density at radius 1 is 0.842 bits per heavy atom. The molecule has 0 bridgehead atoms. The molecule has 1 atom stereocenters. The van der Waals surface area contributed by atoms with Crippen LogP contribution in [0, 0.1) is 0 Å². The molecule has 186 valence electrons. The SMILES string of the molecule is COc1ccc(C2=NC3=C(c4nnnn4C2)C(c2ccc(OC)cc2)c2ccc4ccccc4c2O3)cc1. The predicted octanol–water partition coefficient (Wildman–Crippen LogP) is 5.24. The highest BCUT2D eigenvalue weighted by Gasteiger charge is 2.38. The number of fused-ring (bicyclic) bond motifs is 5. The molecular formula is C30H23N5O3. The van der Waals surface area contributed by atoms with Crippen molar-refractivity contribution >= 4 is 22.1 Å². The molecule has 1 aromatic heterocycles. The fourth-order valence-electron chi connectivity index (χ4n) is 5.23. The molecule has 2 aliphatic heterocycles. The van der Waals surface area contributed by atoms with Crippen molar-refractivity contribution in [1.82, 2.24) is 20.2 Å². The summed E-state index contributed by atoms with van der Waals surface area (Å²) in [7, 11) is 3.32. The second-order valence-electron chi connectivity index (χ2n) is 9.18. The number of hydrogen-bond donors (Lipinski definition) is 0. The van der Waals surface area contributed by atoms with Crippen molar-refractivity contribution in [3.05, 3.63) is 113 Å². The van der Waals surface area contributed by atoms with Gasteiger partial charge in [0.15, 0.2) is 5.82 Å². The number of methoxy groups -OCH3 is 2. The van der Waals surface area contributed by atoms with Crippen LogP contribution in [0.2, 0.25) is 0 Å². The van der Waals surface area contributed by atoms with Crippen LogP contribution in [-0.2, 0) is 6.54 Å². The van der Waals surface area contributed by atoms with E-state index in [2.05, 4.69) is 51.9 Å². The van der Waals surface area contributed by atoms with Crippen LogP contribution in [0.5, 0.6) is 17.2 Å². The predicted molar refractivity (Wildman–Crippen MR) is 144 cm³/mol. The van der Waals surface area contributed by atoms with Gasteiger partial charge >= 0.3 is 0 Å². The Labute approximate surface area is 218 Å². The van der Waals surface area contributed by atoms with Crippen LogP contribution in [0.25, 0.3) is 16.3 Å². The lowest BCUT2D eigenvalue weighted by Gasteiger charge is -2.29. The van der Waals surface area contributed by atoms with Crippen molar-refractivity contribution in [2.45, 2.75) is 12.5 Å². The molecule has 4 aromatic carbocycles. The molecule has 0 fully saturated rings. The van der Waals surface area contributed by atoms with Gasteiger partial charge in [-0.15, -0.1) is 5.10 Å². The van der Waals surface area contributed by atoms with Crippen molar-refractivity contribution in [3.8, 4) is 17.2 Å². The summed E-state index contributed by atoms with van der Waals surface area (Å²) in [6.45, 7) is 0.400. The molecule has 3 heterocycles. The molecule has 0 saturated carbocycles. The van der Waals surface area contributed by atoms with Crippen molar-refractivity contribution in [2.24, 2.45) is 4.99 Å². The minimum atomic E-state index is -0.201. The number of hydrogen-bond acceptors (Lipinski definition) is 7. The highest BCUT2D eigenvalue weighted by molar-refractivity contribution is 6.03. The third kappa shape index (κ3) is 3.53. The average molecular weight is 502 g/mol. The minimum Gasteiger partial charge on any atom is -0.497 e. The zero-order valence-corrected chi connectivity index (χ0v) is 20.8. The van der Waals surface area contributed by atoms with E-state index in [4.69, 9.17) is 19.2 Å². The summed E-state index contributed by atoms with van der Waals surface area (Å²) in [6.07, 6.45) is 0. The monoisotopic (exact) mass is 501 g/mol. The van der Waals surface area contributed by atoms with E-state index in [1.165, 1.54) is 0 Å². The van der Waals surface area contributed by atoms with Gasteiger partial charge in [0.25, 0.3) is 0 Å². The molecular weight excluding hydrogens is 478 g/mol. The van der Waals surface area contributed by atoms with E-state index in [1.807, 2.05) is 48.5 Å². The van der Waals surface area contributed by atoms with Gasteiger partial charge in [0.05, 0.1) is 32.0 Å². The smallest absolute Gasteiger partial charge is 0.227 e. The fraction of sp³-hybridized carbons (Fsp3) is 0.133. The molecule has 5 aromatic rings. The number of allylic oxidation sites excluding steroid dienone is 1. The molecule has 0 radical (unpaired) electrons. The lowest BCUT2D eigenvalue weighted by molar-refractivity contribution is 0.410. The summed E-state index contributed by atoms with van der Waals surface area (Å²) in [5.74, 6) is 3.29. The quantitative estimate of drug-likeness (QED) is 0.335. The van der Waals surface area contributed by atoms with Gasteiger partial charge < -0.3 is 14.2 Å². The van der Waals surface area contributed by atoms with Crippen molar-refractivity contribution < 1.29 is 14.2 Å². The third-order valence-corrected chi connectivity index (χ3v) is 7.12. The number of tetrazole rings is 1. The standard InChI is InChI=1S/C30H23N5O3/c1-36-21-12-7-19(8-13-21)25-17-35-29(32-33-34-35)27-26(20-9-14-22(37-2)15-10-20)24-16-11-18-5-3-4-6-23(18)28(24)38-30(27)31-25/h3-16,26H,17H2,1-2H3. The number of aromatic nitrogens is 4. The number of ether oxygens (including phenoxy) is 3. The molecule has 38 heavy (non-hydrogen) atoms. The van der Waals surface area contributed by atoms with Gasteiger partial charge in [-0.05, 0) is 63.3 Å². The zero-order chi connectivity index (χ0) is 25.6. The molecule has 7 rings (SSSR count). The minimum absolute atomic E-state index is 0.201. The van der Waals surface area contributed by atoms with Crippen LogP contribution in [0.4, 0.5) is 0 Å². The van der Waals surface area contributed by atoms with Crippen LogP contribution in [0.1, 0.15) is 28.4 Å². The van der Waals surface area contributed by atoms with Gasteiger partial charge in [-0.3, -0.25) is 0 Å². The summed E-state index contributed by atoms with van der Waals surface area (Å²) in [6, 6.07) is 28.4. The molecule has 0 amide bonds. The third-order valence-electron chi connectivity index (χ3n) is 7.12. The molecule has 8 heteroatoms. The van der Waals surface area contributed by atoms with Crippen LogP contribution in [0.3, 0.4) is 0 Å². The lowest BCUT2D eigenvalue weighted by atomic mass is 9.81. The number of benzene rings is 4. The topological polar surface area (TPSA) is 83.7 Å². The Morgan fingerprint density at radius 3 is 2.34 bits per heavy atom. The first-order chi connectivity index (χ1) is 18.7. The van der Waals surface area contributed by atoms with Gasteiger partial charge in [0.1, 0.15) is 17.2 Å². The van der Waals surface area contributed by atoms with Crippen LogP contribution in [0.15, 0.2) is 95.8 Å². The first-order valence-electron chi connectivity index (χ1n) is 12.3. The highest BCUT2D eigenvalue weighted by Crippen LogP contribution is 2.50. The number of nitrogens with zero attached hydrogens (tertiary/aromatic N) is 5. The molecule has 2 aliphatic rings. The maximum absolute atomic E-state index is 6.68.